The topological polar surface area (TPSA) is 87.0 Å². The lowest BCUT2D eigenvalue weighted by molar-refractivity contribution is -0.121. The van der Waals surface area contributed by atoms with E-state index in [4.69, 9.17) is 21.6 Å². The molecule has 6 nitrogen and oxygen atoms in total. The molecular formula is C22H25ClN4O2. The molecule has 3 rings (SSSR count). The van der Waals surface area contributed by atoms with Crippen molar-refractivity contribution in [2.75, 3.05) is 17.2 Å². The van der Waals surface area contributed by atoms with E-state index in [9.17, 15) is 4.79 Å². The molecule has 1 heterocycles. The van der Waals surface area contributed by atoms with Crippen LogP contribution in [0.25, 0.3) is 0 Å². The highest BCUT2D eigenvalue weighted by Crippen LogP contribution is 2.30. The monoisotopic (exact) mass is 412 g/mol. The predicted octanol–water partition coefficient (Wildman–Crippen LogP) is 4.77. The van der Waals surface area contributed by atoms with Crippen LogP contribution in [0.15, 0.2) is 42.5 Å². The van der Waals surface area contributed by atoms with Crippen molar-refractivity contribution in [1.29, 1.82) is 5.26 Å². The first-order chi connectivity index (χ1) is 14.1. The number of amides is 1. The van der Waals surface area contributed by atoms with Gasteiger partial charge in [-0.15, -0.1) is 0 Å². The number of hydrogen-bond donors (Lipinski definition) is 2. The Morgan fingerprint density at radius 2 is 1.93 bits per heavy atom. The highest BCUT2D eigenvalue weighted by atomic mass is 35.5. The normalized spacial score (nSPS) is 18.6. The Bertz CT molecular complexity index is 846. The number of hydrogen-bond acceptors (Lipinski definition) is 5. The van der Waals surface area contributed by atoms with Crippen LogP contribution in [0.1, 0.15) is 37.7 Å². The first-order valence-corrected chi connectivity index (χ1v) is 10.2. The van der Waals surface area contributed by atoms with Crippen LogP contribution >= 0.6 is 11.6 Å². The summed E-state index contributed by atoms with van der Waals surface area (Å²) in [5.41, 5.74) is 1.60. The molecule has 0 unspecified atom stereocenters. The molecule has 0 saturated heterocycles. The van der Waals surface area contributed by atoms with Crippen LogP contribution in [0, 0.1) is 17.2 Å². The maximum absolute atomic E-state index is 12.3. The molecule has 1 saturated carbocycles. The van der Waals surface area contributed by atoms with Crippen molar-refractivity contribution in [1.82, 2.24) is 4.98 Å². The van der Waals surface area contributed by atoms with Crippen LogP contribution in [0.4, 0.5) is 11.5 Å². The van der Waals surface area contributed by atoms with Gasteiger partial charge < -0.3 is 15.4 Å². The molecule has 1 aromatic heterocycles. The van der Waals surface area contributed by atoms with Crippen LogP contribution in [0.3, 0.4) is 0 Å². The van der Waals surface area contributed by atoms with E-state index in [0.29, 0.717) is 35.6 Å². The smallest absolute Gasteiger partial charge is 0.250 e. The number of rotatable bonds is 8. The lowest BCUT2D eigenvalue weighted by Crippen LogP contribution is -2.27. The molecule has 1 aromatic carbocycles. The standard InChI is InChI=1S/C22H25ClN4O2/c23-20-11-10-19(26-21(28)15-29-14-17-4-2-1-3-5-17)22(27-20)25-18-8-6-16(7-9-18)12-13-24/h1-5,10-11,16,18H,6-9,12,14-15H2,(H,25,27)(H,26,28). The van der Waals surface area contributed by atoms with E-state index in [-0.39, 0.29) is 18.6 Å². The lowest BCUT2D eigenvalue weighted by atomic mass is 9.84. The van der Waals surface area contributed by atoms with E-state index in [2.05, 4.69) is 21.7 Å². The summed E-state index contributed by atoms with van der Waals surface area (Å²) in [6, 6.07) is 15.6. The molecule has 1 fully saturated rings. The predicted molar refractivity (Wildman–Crippen MR) is 114 cm³/mol. The molecule has 1 aliphatic rings. The fourth-order valence-corrected chi connectivity index (χ4v) is 3.65. The summed E-state index contributed by atoms with van der Waals surface area (Å²) >= 11 is 6.06. The Labute approximate surface area is 176 Å². The molecule has 0 bridgehead atoms. The number of anilines is 2. The van der Waals surface area contributed by atoms with Crippen molar-refractivity contribution >= 4 is 29.0 Å². The second-order valence-corrected chi connectivity index (χ2v) is 7.67. The average molecular weight is 413 g/mol. The third-order valence-corrected chi connectivity index (χ3v) is 5.26. The largest absolute Gasteiger partial charge is 0.367 e. The van der Waals surface area contributed by atoms with E-state index in [1.54, 1.807) is 12.1 Å². The first kappa shape index (κ1) is 21.1. The Morgan fingerprint density at radius 3 is 2.66 bits per heavy atom. The minimum atomic E-state index is -0.245. The van der Waals surface area contributed by atoms with Crippen LogP contribution < -0.4 is 10.6 Å². The van der Waals surface area contributed by atoms with Gasteiger partial charge in [0.15, 0.2) is 5.82 Å². The van der Waals surface area contributed by atoms with Gasteiger partial charge in [-0.2, -0.15) is 5.26 Å². The van der Waals surface area contributed by atoms with Crippen molar-refractivity contribution in [2.45, 2.75) is 44.8 Å². The molecule has 0 radical (unpaired) electrons. The number of nitriles is 1. The Morgan fingerprint density at radius 1 is 1.17 bits per heavy atom. The van der Waals surface area contributed by atoms with Gasteiger partial charge in [0.25, 0.3) is 0 Å². The van der Waals surface area contributed by atoms with Gasteiger partial charge in [0.1, 0.15) is 11.8 Å². The van der Waals surface area contributed by atoms with E-state index in [0.717, 1.165) is 31.2 Å². The molecule has 2 aromatic rings. The summed E-state index contributed by atoms with van der Waals surface area (Å²) in [5.74, 6) is 0.801. The van der Waals surface area contributed by atoms with Crippen LogP contribution in [0.2, 0.25) is 5.15 Å². The van der Waals surface area contributed by atoms with Gasteiger partial charge in [0.2, 0.25) is 5.91 Å². The minimum absolute atomic E-state index is 0.0454. The molecule has 0 spiro atoms. The third-order valence-electron chi connectivity index (χ3n) is 5.05. The molecule has 0 aliphatic heterocycles. The summed E-state index contributed by atoms with van der Waals surface area (Å²) < 4.78 is 5.50. The van der Waals surface area contributed by atoms with Crippen molar-refractivity contribution in [3.8, 4) is 6.07 Å². The number of halogens is 1. The highest BCUT2D eigenvalue weighted by molar-refractivity contribution is 6.29. The Hall–Kier alpha value is -2.62. The van der Waals surface area contributed by atoms with Crippen molar-refractivity contribution < 1.29 is 9.53 Å². The fraction of sp³-hybridized carbons (Fsp3) is 0.409. The molecule has 7 heteroatoms. The van der Waals surface area contributed by atoms with Gasteiger partial charge in [0.05, 0.1) is 18.4 Å². The average Bonchev–Trinajstić information content (AvgIpc) is 2.72. The molecule has 1 amide bonds. The van der Waals surface area contributed by atoms with Crippen molar-refractivity contribution in [3.63, 3.8) is 0 Å². The Kier molecular flexibility index (Phi) is 7.85. The van der Waals surface area contributed by atoms with Crippen LogP contribution in [0.5, 0.6) is 0 Å². The van der Waals surface area contributed by atoms with Gasteiger partial charge in [-0.3, -0.25) is 4.79 Å². The number of pyridine rings is 1. The quantitative estimate of drug-likeness (QED) is 0.609. The van der Waals surface area contributed by atoms with E-state index in [1.165, 1.54) is 0 Å². The SMILES string of the molecule is N#CCC1CCC(Nc2nc(Cl)ccc2NC(=O)COCc2ccccc2)CC1. The minimum Gasteiger partial charge on any atom is -0.367 e. The first-order valence-electron chi connectivity index (χ1n) is 9.85. The van der Waals surface area contributed by atoms with Crippen LogP contribution in [-0.4, -0.2) is 23.5 Å². The van der Waals surface area contributed by atoms with E-state index in [1.807, 2.05) is 30.3 Å². The molecule has 152 valence electrons. The van der Waals surface area contributed by atoms with Gasteiger partial charge in [-0.1, -0.05) is 41.9 Å². The van der Waals surface area contributed by atoms with E-state index >= 15 is 0 Å². The number of nitrogens with one attached hydrogen (secondary N) is 2. The van der Waals surface area contributed by atoms with E-state index < -0.39 is 0 Å². The molecule has 2 N–H and O–H groups in total. The molecule has 1 aliphatic carbocycles. The third kappa shape index (κ3) is 6.74. The second-order valence-electron chi connectivity index (χ2n) is 7.28. The number of aromatic nitrogens is 1. The zero-order valence-electron chi connectivity index (χ0n) is 16.2. The maximum atomic E-state index is 12.3. The Balaban J connectivity index is 1.53. The fourth-order valence-electron chi connectivity index (χ4n) is 3.50. The number of benzene rings is 1. The summed E-state index contributed by atoms with van der Waals surface area (Å²) in [5, 5.41) is 15.5. The summed E-state index contributed by atoms with van der Waals surface area (Å²) in [7, 11) is 0. The van der Waals surface area contributed by atoms with Gasteiger partial charge in [-0.05, 0) is 49.3 Å². The summed E-state index contributed by atoms with van der Waals surface area (Å²) in [4.78, 5) is 16.6. The summed E-state index contributed by atoms with van der Waals surface area (Å²) in [6.45, 7) is 0.334. The number of carbonyl (C=O) groups is 1. The molecule has 0 atom stereocenters. The zero-order chi connectivity index (χ0) is 20.5. The van der Waals surface area contributed by atoms with Crippen molar-refractivity contribution in [3.05, 3.63) is 53.2 Å². The molecule has 29 heavy (non-hydrogen) atoms. The summed E-state index contributed by atoms with van der Waals surface area (Å²) in [6.07, 6.45) is 4.58. The second kappa shape index (κ2) is 10.8. The van der Waals surface area contributed by atoms with Gasteiger partial charge in [0, 0.05) is 12.5 Å². The highest BCUT2D eigenvalue weighted by Gasteiger charge is 2.22. The molecular weight excluding hydrogens is 388 g/mol. The van der Waals surface area contributed by atoms with Gasteiger partial charge in [-0.25, -0.2) is 4.98 Å². The van der Waals surface area contributed by atoms with Crippen LogP contribution in [-0.2, 0) is 16.1 Å². The lowest BCUT2D eigenvalue weighted by Gasteiger charge is -2.28. The van der Waals surface area contributed by atoms with Crippen molar-refractivity contribution in [2.24, 2.45) is 5.92 Å². The van der Waals surface area contributed by atoms with Gasteiger partial charge >= 0.3 is 0 Å². The number of nitrogens with zero attached hydrogens (tertiary/aromatic N) is 2. The zero-order valence-corrected chi connectivity index (χ0v) is 17.0. The maximum Gasteiger partial charge on any atom is 0.250 e. The number of carbonyl (C=O) groups excluding carboxylic acids is 1. The number of ether oxygens (including phenoxy) is 1.